The van der Waals surface area contributed by atoms with Gasteiger partial charge in [0.05, 0.1) is 6.20 Å². The molecule has 1 aromatic carbocycles. The number of rotatable bonds is 2. The Kier molecular flexibility index (Phi) is 2.87. The third-order valence-corrected chi connectivity index (χ3v) is 2.01. The zero-order valence-electron chi connectivity index (χ0n) is 7.98. The fourth-order valence-electron chi connectivity index (χ4n) is 1.15. The minimum Gasteiger partial charge on any atom is -0.508 e. The van der Waals surface area contributed by atoms with Crippen molar-refractivity contribution in [2.75, 3.05) is 5.32 Å². The molecular formula is C10H7ClFN3O. The first-order valence-electron chi connectivity index (χ1n) is 4.39. The molecule has 0 aliphatic carbocycles. The number of nitrogens with zero attached hydrogens (tertiary/aromatic N) is 2. The van der Waals surface area contributed by atoms with Crippen molar-refractivity contribution < 1.29 is 9.50 Å². The molecule has 16 heavy (non-hydrogen) atoms. The van der Waals surface area contributed by atoms with Crippen LogP contribution in [0.3, 0.4) is 0 Å². The van der Waals surface area contributed by atoms with Crippen molar-refractivity contribution in [1.29, 1.82) is 0 Å². The summed E-state index contributed by atoms with van der Waals surface area (Å²) in [6.07, 6.45) is 0.973. The van der Waals surface area contributed by atoms with Crippen LogP contribution in [0.15, 0.2) is 30.5 Å². The van der Waals surface area contributed by atoms with Gasteiger partial charge in [-0.2, -0.15) is 4.98 Å². The van der Waals surface area contributed by atoms with E-state index in [-0.39, 0.29) is 16.9 Å². The van der Waals surface area contributed by atoms with Crippen LogP contribution in [0.1, 0.15) is 0 Å². The standard InChI is InChI=1S/C10H7ClFN3O/c11-10-13-5-8(12)9(15-10)14-6-2-1-3-7(16)4-6/h1-5,16H,(H,13,14,15). The van der Waals surface area contributed by atoms with Gasteiger partial charge in [0, 0.05) is 11.8 Å². The maximum Gasteiger partial charge on any atom is 0.224 e. The molecule has 0 spiro atoms. The Morgan fingerprint density at radius 1 is 1.38 bits per heavy atom. The number of benzene rings is 1. The Labute approximate surface area is 95.7 Å². The highest BCUT2D eigenvalue weighted by Gasteiger charge is 2.06. The van der Waals surface area contributed by atoms with E-state index in [1.165, 1.54) is 12.1 Å². The summed E-state index contributed by atoms with van der Waals surface area (Å²) in [6, 6.07) is 6.23. The molecular weight excluding hydrogens is 233 g/mol. The van der Waals surface area contributed by atoms with Crippen molar-refractivity contribution in [2.45, 2.75) is 0 Å². The molecule has 0 unspecified atom stereocenters. The second-order valence-corrected chi connectivity index (χ2v) is 3.35. The molecule has 6 heteroatoms. The zero-order valence-corrected chi connectivity index (χ0v) is 8.74. The first-order chi connectivity index (χ1) is 7.65. The zero-order chi connectivity index (χ0) is 11.5. The predicted octanol–water partition coefficient (Wildman–Crippen LogP) is 2.72. The van der Waals surface area contributed by atoms with Gasteiger partial charge in [-0.05, 0) is 23.7 Å². The molecule has 2 N–H and O–H groups in total. The Bertz CT molecular complexity index is 521. The molecule has 1 heterocycles. The van der Waals surface area contributed by atoms with Crippen LogP contribution in [-0.2, 0) is 0 Å². The Morgan fingerprint density at radius 2 is 2.19 bits per heavy atom. The molecule has 4 nitrogen and oxygen atoms in total. The number of nitrogens with one attached hydrogen (secondary N) is 1. The monoisotopic (exact) mass is 239 g/mol. The van der Waals surface area contributed by atoms with Gasteiger partial charge in [0.2, 0.25) is 5.28 Å². The second kappa shape index (κ2) is 4.32. The summed E-state index contributed by atoms with van der Waals surface area (Å²) in [7, 11) is 0. The fourth-order valence-corrected chi connectivity index (χ4v) is 1.29. The molecule has 0 aliphatic heterocycles. The van der Waals surface area contributed by atoms with Crippen molar-refractivity contribution >= 4 is 23.1 Å². The third-order valence-electron chi connectivity index (χ3n) is 1.82. The van der Waals surface area contributed by atoms with Gasteiger partial charge in [0.1, 0.15) is 5.75 Å². The van der Waals surface area contributed by atoms with Gasteiger partial charge in [-0.25, -0.2) is 9.37 Å². The van der Waals surface area contributed by atoms with Crippen LogP contribution in [-0.4, -0.2) is 15.1 Å². The summed E-state index contributed by atoms with van der Waals surface area (Å²) in [5.41, 5.74) is 0.508. The Balaban J connectivity index is 2.30. The van der Waals surface area contributed by atoms with E-state index in [0.29, 0.717) is 5.69 Å². The third kappa shape index (κ3) is 2.38. The molecule has 0 fully saturated rings. The molecule has 0 atom stereocenters. The van der Waals surface area contributed by atoms with Crippen LogP contribution < -0.4 is 5.32 Å². The van der Waals surface area contributed by atoms with Gasteiger partial charge in [-0.15, -0.1) is 0 Å². The largest absolute Gasteiger partial charge is 0.508 e. The normalized spacial score (nSPS) is 10.1. The van der Waals surface area contributed by atoms with E-state index in [9.17, 15) is 9.50 Å². The van der Waals surface area contributed by atoms with Crippen molar-refractivity contribution in [3.05, 3.63) is 41.6 Å². The topological polar surface area (TPSA) is 58.0 Å². The molecule has 2 rings (SSSR count). The van der Waals surface area contributed by atoms with E-state index >= 15 is 0 Å². The summed E-state index contributed by atoms with van der Waals surface area (Å²) >= 11 is 5.54. The van der Waals surface area contributed by atoms with Gasteiger partial charge in [-0.1, -0.05) is 6.07 Å². The molecule has 0 saturated heterocycles. The number of anilines is 2. The Hall–Kier alpha value is -1.88. The predicted molar refractivity (Wildman–Crippen MR) is 58.4 cm³/mol. The molecule has 0 aliphatic rings. The van der Waals surface area contributed by atoms with Gasteiger partial charge in [-0.3, -0.25) is 0 Å². The van der Waals surface area contributed by atoms with E-state index in [1.807, 2.05) is 0 Å². The van der Waals surface area contributed by atoms with Gasteiger partial charge >= 0.3 is 0 Å². The molecule has 82 valence electrons. The Morgan fingerprint density at radius 3 is 2.94 bits per heavy atom. The van der Waals surface area contributed by atoms with E-state index in [2.05, 4.69) is 15.3 Å². The van der Waals surface area contributed by atoms with Crippen molar-refractivity contribution in [3.8, 4) is 5.75 Å². The van der Waals surface area contributed by atoms with Crippen LogP contribution >= 0.6 is 11.6 Å². The van der Waals surface area contributed by atoms with Gasteiger partial charge in [0.15, 0.2) is 11.6 Å². The second-order valence-electron chi connectivity index (χ2n) is 3.01. The van der Waals surface area contributed by atoms with E-state index in [1.54, 1.807) is 12.1 Å². The molecule has 0 bridgehead atoms. The van der Waals surface area contributed by atoms with Crippen LogP contribution in [0.5, 0.6) is 5.75 Å². The van der Waals surface area contributed by atoms with E-state index in [4.69, 9.17) is 11.6 Å². The SMILES string of the molecule is Oc1cccc(Nc2nc(Cl)ncc2F)c1. The van der Waals surface area contributed by atoms with Crippen LogP contribution in [0.2, 0.25) is 5.28 Å². The molecule has 2 aromatic rings. The van der Waals surface area contributed by atoms with Crippen molar-refractivity contribution in [3.63, 3.8) is 0 Å². The summed E-state index contributed by atoms with van der Waals surface area (Å²) in [6.45, 7) is 0. The quantitative estimate of drug-likeness (QED) is 0.791. The number of phenolic OH excluding ortho intramolecular Hbond substituents is 1. The molecule has 0 radical (unpaired) electrons. The number of hydrogen-bond acceptors (Lipinski definition) is 4. The average molecular weight is 240 g/mol. The lowest BCUT2D eigenvalue weighted by molar-refractivity contribution is 0.475. The lowest BCUT2D eigenvalue weighted by atomic mass is 10.3. The average Bonchev–Trinajstić information content (AvgIpc) is 2.24. The van der Waals surface area contributed by atoms with Crippen LogP contribution in [0.25, 0.3) is 0 Å². The molecule has 1 aromatic heterocycles. The first kappa shape index (κ1) is 10.6. The highest BCUT2D eigenvalue weighted by atomic mass is 35.5. The summed E-state index contributed by atoms with van der Waals surface area (Å²) in [5.74, 6) is -0.580. The highest BCUT2D eigenvalue weighted by molar-refractivity contribution is 6.28. The number of aromatic nitrogens is 2. The van der Waals surface area contributed by atoms with E-state index < -0.39 is 5.82 Å². The summed E-state index contributed by atoms with van der Waals surface area (Å²) in [4.78, 5) is 7.17. The minimum absolute atomic E-state index is 0.0365. The van der Waals surface area contributed by atoms with E-state index in [0.717, 1.165) is 6.20 Å². The lowest BCUT2D eigenvalue weighted by Gasteiger charge is -2.06. The number of aromatic hydroxyl groups is 1. The smallest absolute Gasteiger partial charge is 0.224 e. The first-order valence-corrected chi connectivity index (χ1v) is 4.77. The summed E-state index contributed by atoms with van der Waals surface area (Å²) in [5, 5.41) is 11.9. The number of hydrogen-bond donors (Lipinski definition) is 2. The van der Waals surface area contributed by atoms with Crippen LogP contribution in [0, 0.1) is 5.82 Å². The highest BCUT2D eigenvalue weighted by Crippen LogP contribution is 2.21. The van der Waals surface area contributed by atoms with Gasteiger partial charge in [0.25, 0.3) is 0 Å². The van der Waals surface area contributed by atoms with Crippen LogP contribution in [0.4, 0.5) is 15.9 Å². The minimum atomic E-state index is -0.618. The maximum atomic E-state index is 13.2. The number of phenols is 1. The van der Waals surface area contributed by atoms with Crippen molar-refractivity contribution in [1.82, 2.24) is 9.97 Å². The lowest BCUT2D eigenvalue weighted by Crippen LogP contribution is -1.98. The maximum absolute atomic E-state index is 13.2. The summed E-state index contributed by atoms with van der Waals surface area (Å²) < 4.78 is 13.2. The molecule has 0 saturated carbocycles. The fraction of sp³-hybridized carbons (Fsp3) is 0. The number of halogens is 2. The molecule has 0 amide bonds. The van der Waals surface area contributed by atoms with Crippen molar-refractivity contribution in [2.24, 2.45) is 0 Å². The van der Waals surface area contributed by atoms with Gasteiger partial charge < -0.3 is 10.4 Å².